The minimum absolute atomic E-state index is 0.118. The maximum Gasteiger partial charge on any atom is 0.363 e. The Balaban J connectivity index is 2.68. The van der Waals surface area contributed by atoms with E-state index in [1.54, 1.807) is 0 Å². The van der Waals surface area contributed by atoms with Crippen LogP contribution < -0.4 is 5.32 Å². The molecule has 0 aliphatic rings. The number of aromatic nitrogens is 1. The van der Waals surface area contributed by atoms with E-state index >= 15 is 0 Å². The van der Waals surface area contributed by atoms with Crippen LogP contribution in [0.25, 0.3) is 0 Å². The van der Waals surface area contributed by atoms with Crippen LogP contribution in [0.2, 0.25) is 0 Å². The van der Waals surface area contributed by atoms with Crippen molar-refractivity contribution in [3.05, 3.63) is 34.0 Å². The van der Waals surface area contributed by atoms with E-state index in [9.17, 15) is 25.1 Å². The number of nitro groups is 1. The fourth-order valence-electron chi connectivity index (χ4n) is 1.26. The van der Waals surface area contributed by atoms with E-state index in [1.807, 2.05) is 0 Å². The van der Waals surface area contributed by atoms with Gasteiger partial charge in [-0.1, -0.05) is 0 Å². The van der Waals surface area contributed by atoms with Crippen LogP contribution >= 0.6 is 0 Å². The molecule has 0 saturated carbocycles. The summed E-state index contributed by atoms with van der Waals surface area (Å²) < 4.78 is 0. The molecule has 0 fully saturated rings. The molecular formula is C10H13N3O5. The number of amides is 1. The summed E-state index contributed by atoms with van der Waals surface area (Å²) in [6, 6.07) is 2.43. The van der Waals surface area contributed by atoms with Crippen LogP contribution in [-0.4, -0.2) is 38.7 Å². The minimum Gasteiger partial charge on any atom is -0.388 e. The van der Waals surface area contributed by atoms with Gasteiger partial charge in [0.2, 0.25) is 5.91 Å². The first-order valence-electron chi connectivity index (χ1n) is 5.12. The number of nitrogens with zero attached hydrogens (tertiary/aromatic N) is 2. The van der Waals surface area contributed by atoms with Gasteiger partial charge in [-0.3, -0.25) is 4.79 Å². The molecule has 1 aromatic rings. The summed E-state index contributed by atoms with van der Waals surface area (Å²) in [5, 5.41) is 32.0. The molecule has 1 rings (SSSR count). The van der Waals surface area contributed by atoms with Gasteiger partial charge in [0.25, 0.3) is 0 Å². The summed E-state index contributed by atoms with van der Waals surface area (Å²) in [4.78, 5) is 23.9. The average Bonchev–Trinajstić information content (AvgIpc) is 2.35. The Morgan fingerprint density at radius 3 is 2.67 bits per heavy atom. The number of carbonyl (C=O) groups excluding carboxylic acids is 1. The smallest absolute Gasteiger partial charge is 0.363 e. The molecule has 0 aromatic carbocycles. The second-order valence-corrected chi connectivity index (χ2v) is 3.66. The molecule has 3 N–H and O–H groups in total. The van der Waals surface area contributed by atoms with E-state index in [-0.39, 0.29) is 23.8 Å². The van der Waals surface area contributed by atoms with E-state index in [0.29, 0.717) is 0 Å². The van der Waals surface area contributed by atoms with Gasteiger partial charge in [0.1, 0.15) is 18.4 Å². The predicted molar refractivity (Wildman–Crippen MR) is 60.5 cm³/mol. The summed E-state index contributed by atoms with van der Waals surface area (Å²) in [5.74, 6) is -0.676. The highest BCUT2D eigenvalue weighted by molar-refractivity contribution is 5.72. The maximum absolute atomic E-state index is 10.6. The minimum atomic E-state index is -1.27. The molecule has 98 valence electrons. The highest BCUT2D eigenvalue weighted by atomic mass is 16.6. The van der Waals surface area contributed by atoms with Gasteiger partial charge in [-0.05, 0) is 16.0 Å². The largest absolute Gasteiger partial charge is 0.388 e. The molecule has 8 heteroatoms. The lowest BCUT2D eigenvalue weighted by atomic mass is 10.1. The van der Waals surface area contributed by atoms with Crippen molar-refractivity contribution in [1.82, 2.24) is 10.3 Å². The molecule has 8 nitrogen and oxygen atoms in total. The van der Waals surface area contributed by atoms with Crippen LogP contribution in [-0.2, 0) is 4.79 Å². The first-order chi connectivity index (χ1) is 8.41. The monoisotopic (exact) mass is 255 g/mol. The molecule has 0 aliphatic carbocycles. The molecule has 0 bridgehead atoms. The Morgan fingerprint density at radius 1 is 1.56 bits per heavy atom. The van der Waals surface area contributed by atoms with Crippen molar-refractivity contribution in [2.24, 2.45) is 0 Å². The standard InChI is InChI=1S/C10H13N3O5/c1-6(14)11-5-8(15)10(16)7-2-3-9(12-4-7)13(17)18/h2-4,8,10,15-16H,5H2,1H3,(H,11,14). The van der Waals surface area contributed by atoms with Crippen LogP contribution in [0.15, 0.2) is 18.3 Å². The van der Waals surface area contributed by atoms with E-state index in [0.717, 1.165) is 12.3 Å². The van der Waals surface area contributed by atoms with Crippen LogP contribution in [0.3, 0.4) is 0 Å². The Morgan fingerprint density at radius 2 is 2.22 bits per heavy atom. The van der Waals surface area contributed by atoms with Crippen molar-refractivity contribution in [2.75, 3.05) is 6.54 Å². The van der Waals surface area contributed by atoms with Gasteiger partial charge >= 0.3 is 5.82 Å². The number of rotatable bonds is 5. The SMILES string of the molecule is CC(=O)NCC(O)C(O)c1ccc([N+](=O)[O-])nc1. The van der Waals surface area contributed by atoms with Gasteiger partial charge in [-0.25, -0.2) is 0 Å². The predicted octanol–water partition coefficient (Wildman–Crippen LogP) is -0.480. The highest BCUT2D eigenvalue weighted by Crippen LogP contribution is 2.17. The van der Waals surface area contributed by atoms with Gasteiger partial charge < -0.3 is 25.6 Å². The molecule has 2 atom stereocenters. The first-order valence-corrected chi connectivity index (χ1v) is 5.12. The number of aliphatic hydroxyl groups excluding tert-OH is 2. The second-order valence-electron chi connectivity index (χ2n) is 3.66. The average molecular weight is 255 g/mol. The Bertz CT molecular complexity index is 434. The fourth-order valence-corrected chi connectivity index (χ4v) is 1.26. The molecule has 1 aromatic heterocycles. The number of nitrogens with one attached hydrogen (secondary N) is 1. The summed E-state index contributed by atoms with van der Waals surface area (Å²) in [5.41, 5.74) is 0.235. The Kier molecular flexibility index (Phi) is 4.69. The number of pyridine rings is 1. The van der Waals surface area contributed by atoms with Crippen LogP contribution in [0.5, 0.6) is 0 Å². The second kappa shape index (κ2) is 6.03. The normalized spacial score (nSPS) is 13.7. The molecule has 18 heavy (non-hydrogen) atoms. The third-order valence-electron chi connectivity index (χ3n) is 2.22. The lowest BCUT2D eigenvalue weighted by molar-refractivity contribution is -0.389. The topological polar surface area (TPSA) is 126 Å². The molecule has 0 aliphatic heterocycles. The number of carbonyl (C=O) groups is 1. The van der Waals surface area contributed by atoms with Crippen molar-refractivity contribution in [2.45, 2.75) is 19.1 Å². The van der Waals surface area contributed by atoms with E-state index < -0.39 is 17.1 Å². The van der Waals surface area contributed by atoms with Crippen molar-refractivity contribution in [3.8, 4) is 0 Å². The van der Waals surface area contributed by atoms with E-state index in [2.05, 4.69) is 10.3 Å². The molecular weight excluding hydrogens is 242 g/mol. The van der Waals surface area contributed by atoms with Crippen LogP contribution in [0.1, 0.15) is 18.6 Å². The van der Waals surface area contributed by atoms with Gasteiger partial charge in [-0.2, -0.15) is 0 Å². The van der Waals surface area contributed by atoms with Gasteiger partial charge in [0, 0.05) is 25.1 Å². The summed E-state index contributed by atoms with van der Waals surface area (Å²) in [6.45, 7) is 1.17. The van der Waals surface area contributed by atoms with E-state index in [4.69, 9.17) is 0 Å². The fraction of sp³-hybridized carbons (Fsp3) is 0.400. The Labute approximate surface area is 102 Å². The Hall–Kier alpha value is -2.06. The highest BCUT2D eigenvalue weighted by Gasteiger charge is 2.20. The lowest BCUT2D eigenvalue weighted by Gasteiger charge is -2.17. The number of aliphatic hydroxyl groups is 2. The summed E-state index contributed by atoms with van der Waals surface area (Å²) >= 11 is 0. The van der Waals surface area contributed by atoms with Gasteiger partial charge in [0.15, 0.2) is 0 Å². The third-order valence-corrected chi connectivity index (χ3v) is 2.22. The summed E-state index contributed by atoms with van der Waals surface area (Å²) in [6.07, 6.45) is -1.37. The van der Waals surface area contributed by atoms with Crippen LogP contribution in [0.4, 0.5) is 5.82 Å². The third kappa shape index (κ3) is 3.75. The summed E-state index contributed by atoms with van der Waals surface area (Å²) in [7, 11) is 0. The molecule has 1 heterocycles. The lowest BCUT2D eigenvalue weighted by Crippen LogP contribution is -2.34. The number of hydrogen-bond acceptors (Lipinski definition) is 6. The molecule has 1 amide bonds. The number of hydrogen-bond donors (Lipinski definition) is 3. The zero-order chi connectivity index (χ0) is 13.7. The molecule has 0 spiro atoms. The maximum atomic E-state index is 10.6. The molecule has 2 unspecified atom stereocenters. The van der Waals surface area contributed by atoms with Crippen molar-refractivity contribution >= 4 is 11.7 Å². The first kappa shape index (κ1) is 14.0. The van der Waals surface area contributed by atoms with E-state index in [1.165, 1.54) is 13.0 Å². The molecule has 0 radical (unpaired) electrons. The van der Waals surface area contributed by atoms with Gasteiger partial charge in [-0.15, -0.1) is 0 Å². The van der Waals surface area contributed by atoms with Crippen molar-refractivity contribution < 1.29 is 19.9 Å². The zero-order valence-electron chi connectivity index (χ0n) is 9.61. The van der Waals surface area contributed by atoms with Crippen LogP contribution in [0, 0.1) is 10.1 Å². The van der Waals surface area contributed by atoms with Crippen molar-refractivity contribution in [1.29, 1.82) is 0 Å². The molecule has 0 saturated heterocycles. The van der Waals surface area contributed by atoms with Gasteiger partial charge in [0.05, 0.1) is 0 Å². The zero-order valence-corrected chi connectivity index (χ0v) is 9.61. The van der Waals surface area contributed by atoms with Crippen molar-refractivity contribution in [3.63, 3.8) is 0 Å². The quantitative estimate of drug-likeness (QED) is 0.482.